The molecule has 27 heavy (non-hydrogen) atoms. The van der Waals surface area contributed by atoms with Gasteiger partial charge in [0.25, 0.3) is 5.91 Å². The Balaban J connectivity index is 1.58. The maximum absolute atomic E-state index is 12.3. The summed E-state index contributed by atoms with van der Waals surface area (Å²) in [6.07, 6.45) is 6.86. The van der Waals surface area contributed by atoms with Crippen LogP contribution in [0.1, 0.15) is 59.4 Å². The molecule has 1 aromatic heterocycles. The second-order valence-electron chi connectivity index (χ2n) is 6.66. The Bertz CT molecular complexity index is 767. The van der Waals surface area contributed by atoms with E-state index >= 15 is 0 Å². The van der Waals surface area contributed by atoms with Gasteiger partial charge in [0.2, 0.25) is 0 Å². The lowest BCUT2D eigenvalue weighted by Crippen LogP contribution is -2.35. The summed E-state index contributed by atoms with van der Waals surface area (Å²) in [6, 6.07) is 10.4. The van der Waals surface area contributed by atoms with E-state index in [1.165, 1.54) is 20.0 Å². The molecule has 7 heteroatoms. The fourth-order valence-corrected chi connectivity index (χ4v) is 3.16. The Morgan fingerprint density at radius 1 is 0.963 bits per heavy atom. The fourth-order valence-electron chi connectivity index (χ4n) is 3.16. The number of carbonyl (C=O) groups excluding carboxylic acids is 2. The molecular weight excluding hydrogens is 344 g/mol. The minimum atomic E-state index is -0.384. The van der Waals surface area contributed by atoms with Crippen LogP contribution in [0, 0.1) is 0 Å². The standard InChI is InChI=1S/C20H24N4O3/c1-27-20(26)14-8-10-16(11-9-14)21-18-13-12-17(23-24-18)19(25)22-15-6-4-2-3-5-7-15/h8-13,15H,2-7H2,1H3,(H,21,24)(H,22,25). The number of anilines is 2. The number of amides is 1. The van der Waals surface area contributed by atoms with Gasteiger partial charge in [-0.25, -0.2) is 4.79 Å². The molecule has 1 fully saturated rings. The molecule has 1 aliphatic carbocycles. The van der Waals surface area contributed by atoms with E-state index in [9.17, 15) is 9.59 Å². The Hall–Kier alpha value is -2.96. The van der Waals surface area contributed by atoms with Crippen LogP contribution in [0.3, 0.4) is 0 Å². The van der Waals surface area contributed by atoms with Crippen LogP contribution in [-0.2, 0) is 4.74 Å². The van der Waals surface area contributed by atoms with Crippen molar-refractivity contribution in [1.82, 2.24) is 15.5 Å². The largest absolute Gasteiger partial charge is 0.465 e. The van der Waals surface area contributed by atoms with E-state index in [1.54, 1.807) is 36.4 Å². The predicted molar refractivity (Wildman–Crippen MR) is 102 cm³/mol. The molecule has 1 heterocycles. The fraction of sp³-hybridized carbons (Fsp3) is 0.400. The minimum Gasteiger partial charge on any atom is -0.465 e. The van der Waals surface area contributed by atoms with Crippen molar-refractivity contribution in [3.8, 4) is 0 Å². The first-order valence-electron chi connectivity index (χ1n) is 9.26. The lowest BCUT2D eigenvalue weighted by Gasteiger charge is -2.15. The third-order valence-electron chi connectivity index (χ3n) is 4.67. The van der Waals surface area contributed by atoms with Crippen molar-refractivity contribution in [3.63, 3.8) is 0 Å². The number of methoxy groups -OCH3 is 1. The number of ether oxygens (including phenoxy) is 1. The van der Waals surface area contributed by atoms with Gasteiger partial charge in [-0.2, -0.15) is 0 Å². The number of hydrogen-bond acceptors (Lipinski definition) is 6. The summed E-state index contributed by atoms with van der Waals surface area (Å²) in [4.78, 5) is 23.8. The highest BCUT2D eigenvalue weighted by atomic mass is 16.5. The van der Waals surface area contributed by atoms with Crippen molar-refractivity contribution in [2.45, 2.75) is 44.6 Å². The molecule has 1 saturated carbocycles. The molecule has 0 atom stereocenters. The number of rotatable bonds is 5. The van der Waals surface area contributed by atoms with Crippen molar-refractivity contribution >= 4 is 23.4 Å². The first-order chi connectivity index (χ1) is 13.2. The number of carbonyl (C=O) groups is 2. The van der Waals surface area contributed by atoms with Gasteiger partial charge in [-0.05, 0) is 49.2 Å². The van der Waals surface area contributed by atoms with E-state index in [0.717, 1.165) is 31.4 Å². The summed E-state index contributed by atoms with van der Waals surface area (Å²) in [7, 11) is 1.34. The topological polar surface area (TPSA) is 93.2 Å². The summed E-state index contributed by atoms with van der Waals surface area (Å²) in [5.74, 6) is -0.0411. The highest BCUT2D eigenvalue weighted by Crippen LogP contribution is 2.18. The Labute approximate surface area is 158 Å². The number of nitrogens with zero attached hydrogens (tertiary/aromatic N) is 2. The van der Waals surface area contributed by atoms with Gasteiger partial charge in [-0.15, -0.1) is 10.2 Å². The molecule has 142 valence electrons. The zero-order valence-corrected chi connectivity index (χ0v) is 15.4. The lowest BCUT2D eigenvalue weighted by atomic mass is 10.1. The van der Waals surface area contributed by atoms with E-state index in [-0.39, 0.29) is 17.9 Å². The molecular formula is C20H24N4O3. The van der Waals surface area contributed by atoms with Crippen molar-refractivity contribution in [1.29, 1.82) is 0 Å². The maximum Gasteiger partial charge on any atom is 0.337 e. The van der Waals surface area contributed by atoms with Crippen molar-refractivity contribution in [3.05, 3.63) is 47.7 Å². The van der Waals surface area contributed by atoms with E-state index in [0.29, 0.717) is 17.1 Å². The number of esters is 1. The second-order valence-corrected chi connectivity index (χ2v) is 6.66. The van der Waals surface area contributed by atoms with Crippen LogP contribution >= 0.6 is 0 Å². The summed E-state index contributed by atoms with van der Waals surface area (Å²) in [6.45, 7) is 0. The van der Waals surface area contributed by atoms with Crippen LogP contribution in [0.25, 0.3) is 0 Å². The zero-order chi connectivity index (χ0) is 19.1. The molecule has 3 rings (SSSR count). The third-order valence-corrected chi connectivity index (χ3v) is 4.67. The third kappa shape index (κ3) is 5.26. The maximum atomic E-state index is 12.3. The molecule has 0 radical (unpaired) electrons. The average Bonchev–Trinajstić information content (AvgIpc) is 2.97. The van der Waals surface area contributed by atoms with Crippen LogP contribution in [-0.4, -0.2) is 35.2 Å². The van der Waals surface area contributed by atoms with Crippen LogP contribution in [0.5, 0.6) is 0 Å². The number of hydrogen-bond donors (Lipinski definition) is 2. The van der Waals surface area contributed by atoms with E-state index < -0.39 is 0 Å². The molecule has 0 spiro atoms. The Morgan fingerprint density at radius 2 is 1.67 bits per heavy atom. The molecule has 1 aliphatic rings. The summed E-state index contributed by atoms with van der Waals surface area (Å²) < 4.78 is 4.67. The molecule has 1 amide bonds. The molecule has 0 bridgehead atoms. The van der Waals surface area contributed by atoms with Gasteiger partial charge in [0.1, 0.15) is 0 Å². The molecule has 0 aliphatic heterocycles. The van der Waals surface area contributed by atoms with Gasteiger partial charge >= 0.3 is 5.97 Å². The van der Waals surface area contributed by atoms with E-state index in [2.05, 4.69) is 25.6 Å². The summed E-state index contributed by atoms with van der Waals surface area (Å²) >= 11 is 0. The summed E-state index contributed by atoms with van der Waals surface area (Å²) in [5.41, 5.74) is 1.54. The lowest BCUT2D eigenvalue weighted by molar-refractivity contribution is 0.0600. The first kappa shape index (κ1) is 18.8. The van der Waals surface area contributed by atoms with Gasteiger partial charge in [0.15, 0.2) is 11.5 Å². The van der Waals surface area contributed by atoms with Crippen LogP contribution < -0.4 is 10.6 Å². The van der Waals surface area contributed by atoms with E-state index in [1.807, 2.05) is 0 Å². The molecule has 2 N–H and O–H groups in total. The average molecular weight is 368 g/mol. The smallest absolute Gasteiger partial charge is 0.337 e. The normalized spacial score (nSPS) is 14.9. The van der Waals surface area contributed by atoms with Gasteiger partial charge < -0.3 is 15.4 Å². The van der Waals surface area contributed by atoms with Gasteiger partial charge in [0.05, 0.1) is 12.7 Å². The number of nitrogens with one attached hydrogen (secondary N) is 2. The first-order valence-corrected chi connectivity index (χ1v) is 9.26. The van der Waals surface area contributed by atoms with Crippen LogP contribution in [0.4, 0.5) is 11.5 Å². The van der Waals surface area contributed by atoms with Crippen LogP contribution in [0.15, 0.2) is 36.4 Å². The van der Waals surface area contributed by atoms with Gasteiger partial charge in [0, 0.05) is 11.7 Å². The van der Waals surface area contributed by atoms with Crippen molar-refractivity contribution in [2.24, 2.45) is 0 Å². The van der Waals surface area contributed by atoms with Crippen molar-refractivity contribution < 1.29 is 14.3 Å². The Morgan fingerprint density at radius 3 is 2.26 bits per heavy atom. The summed E-state index contributed by atoms with van der Waals surface area (Å²) in [5, 5.41) is 14.2. The predicted octanol–water partition coefficient (Wildman–Crippen LogP) is 3.46. The Kier molecular flexibility index (Phi) is 6.35. The quantitative estimate of drug-likeness (QED) is 0.620. The SMILES string of the molecule is COC(=O)c1ccc(Nc2ccc(C(=O)NC3CCCCCC3)nn2)cc1. The highest BCUT2D eigenvalue weighted by Gasteiger charge is 2.17. The zero-order valence-electron chi connectivity index (χ0n) is 15.4. The van der Waals surface area contributed by atoms with Crippen LogP contribution in [0.2, 0.25) is 0 Å². The highest BCUT2D eigenvalue weighted by molar-refractivity contribution is 5.92. The van der Waals surface area contributed by atoms with Gasteiger partial charge in [-0.3, -0.25) is 4.79 Å². The minimum absolute atomic E-state index is 0.177. The molecule has 2 aromatic rings. The van der Waals surface area contributed by atoms with Gasteiger partial charge in [-0.1, -0.05) is 25.7 Å². The molecule has 7 nitrogen and oxygen atoms in total. The monoisotopic (exact) mass is 368 g/mol. The molecule has 0 saturated heterocycles. The second kappa shape index (κ2) is 9.12. The molecule has 0 unspecified atom stereocenters. The van der Waals surface area contributed by atoms with E-state index in [4.69, 9.17) is 0 Å². The number of aromatic nitrogens is 2. The number of benzene rings is 1. The molecule has 1 aromatic carbocycles. The van der Waals surface area contributed by atoms with Crippen molar-refractivity contribution in [2.75, 3.05) is 12.4 Å².